The highest BCUT2D eigenvalue weighted by molar-refractivity contribution is 5.69. The van der Waals surface area contributed by atoms with Gasteiger partial charge in [-0.25, -0.2) is 9.59 Å². The highest BCUT2D eigenvalue weighted by Crippen LogP contribution is 2.28. The van der Waals surface area contributed by atoms with Gasteiger partial charge in [0.2, 0.25) is 0 Å². The first-order valence-electron chi connectivity index (χ1n) is 4.79. The summed E-state index contributed by atoms with van der Waals surface area (Å²) in [4.78, 5) is 20.7. The van der Waals surface area contributed by atoms with Crippen molar-refractivity contribution in [3.8, 4) is 11.5 Å². The summed E-state index contributed by atoms with van der Waals surface area (Å²) >= 11 is 0. The Labute approximate surface area is 97.4 Å². The van der Waals surface area contributed by atoms with Crippen LogP contribution >= 0.6 is 0 Å². The minimum Gasteiger partial charge on any atom is -0.479 e. The average Bonchev–Trinajstić information content (AvgIpc) is 2.24. The Morgan fingerprint density at radius 2 is 1.59 bits per heavy atom. The lowest BCUT2D eigenvalue weighted by molar-refractivity contribution is -0.140. The molecule has 0 aromatic heterocycles. The second-order valence-electron chi connectivity index (χ2n) is 3.32. The average molecular weight is 240 g/mol. The van der Waals surface area contributed by atoms with Gasteiger partial charge in [0.05, 0.1) is 0 Å². The Bertz CT molecular complexity index is 426. The SMILES string of the molecule is Cc1ccc(OCC(=O)O)c(OCC(=O)O)c1. The van der Waals surface area contributed by atoms with Gasteiger partial charge < -0.3 is 19.7 Å². The molecule has 17 heavy (non-hydrogen) atoms. The zero-order valence-corrected chi connectivity index (χ0v) is 9.17. The molecular formula is C11H12O6. The molecule has 2 N–H and O–H groups in total. The molecular weight excluding hydrogens is 228 g/mol. The van der Waals surface area contributed by atoms with E-state index in [4.69, 9.17) is 19.7 Å². The van der Waals surface area contributed by atoms with Gasteiger partial charge in [-0.05, 0) is 24.6 Å². The van der Waals surface area contributed by atoms with Gasteiger partial charge >= 0.3 is 11.9 Å². The second kappa shape index (κ2) is 5.74. The van der Waals surface area contributed by atoms with Crippen molar-refractivity contribution in [1.29, 1.82) is 0 Å². The number of aliphatic carboxylic acids is 2. The number of carboxylic acids is 2. The molecule has 0 aliphatic rings. The fourth-order valence-corrected chi connectivity index (χ4v) is 1.13. The molecule has 6 heteroatoms. The van der Waals surface area contributed by atoms with Crippen molar-refractivity contribution in [3.63, 3.8) is 0 Å². The van der Waals surface area contributed by atoms with Gasteiger partial charge in [-0.2, -0.15) is 0 Å². The van der Waals surface area contributed by atoms with Gasteiger partial charge in [-0.1, -0.05) is 6.07 Å². The standard InChI is InChI=1S/C11H12O6/c1-7-2-3-8(16-5-10(12)13)9(4-7)17-6-11(14)15/h2-4H,5-6H2,1H3,(H,12,13)(H,14,15). The number of benzene rings is 1. The highest BCUT2D eigenvalue weighted by Gasteiger charge is 2.09. The number of aryl methyl sites for hydroxylation is 1. The molecule has 0 fully saturated rings. The van der Waals surface area contributed by atoms with E-state index in [1.165, 1.54) is 6.07 Å². The van der Waals surface area contributed by atoms with Crippen molar-refractivity contribution < 1.29 is 29.3 Å². The molecule has 0 aliphatic heterocycles. The summed E-state index contributed by atoms with van der Waals surface area (Å²) in [5.74, 6) is -1.81. The number of rotatable bonds is 6. The van der Waals surface area contributed by atoms with Crippen LogP contribution in [0, 0.1) is 6.92 Å². The molecule has 0 atom stereocenters. The van der Waals surface area contributed by atoms with Crippen LogP contribution in [0.5, 0.6) is 11.5 Å². The molecule has 1 rings (SSSR count). The van der Waals surface area contributed by atoms with E-state index in [0.717, 1.165) is 5.56 Å². The number of hydrogen-bond acceptors (Lipinski definition) is 4. The summed E-state index contributed by atoms with van der Waals surface area (Å²) in [6.07, 6.45) is 0. The van der Waals surface area contributed by atoms with Crippen molar-refractivity contribution in [2.45, 2.75) is 6.92 Å². The van der Waals surface area contributed by atoms with Gasteiger partial charge in [0.15, 0.2) is 24.7 Å². The normalized spacial score (nSPS) is 9.71. The molecule has 0 unspecified atom stereocenters. The second-order valence-corrected chi connectivity index (χ2v) is 3.32. The first kappa shape index (κ1) is 12.8. The molecule has 0 radical (unpaired) electrons. The van der Waals surface area contributed by atoms with Crippen molar-refractivity contribution in [3.05, 3.63) is 23.8 Å². The maximum Gasteiger partial charge on any atom is 0.341 e. The third-order valence-electron chi connectivity index (χ3n) is 1.80. The van der Waals surface area contributed by atoms with Crippen LogP contribution in [0.15, 0.2) is 18.2 Å². The maximum atomic E-state index is 10.4. The van der Waals surface area contributed by atoms with E-state index in [0.29, 0.717) is 0 Å². The lowest BCUT2D eigenvalue weighted by atomic mass is 10.2. The Balaban J connectivity index is 2.79. The van der Waals surface area contributed by atoms with Crippen LogP contribution in [-0.4, -0.2) is 35.4 Å². The number of carboxylic acid groups (broad SMARTS) is 2. The van der Waals surface area contributed by atoms with E-state index in [1.807, 2.05) is 0 Å². The molecule has 0 aliphatic carbocycles. The molecule has 0 heterocycles. The van der Waals surface area contributed by atoms with Crippen molar-refractivity contribution in [1.82, 2.24) is 0 Å². The lowest BCUT2D eigenvalue weighted by Gasteiger charge is -2.11. The van der Waals surface area contributed by atoms with Crippen LogP contribution < -0.4 is 9.47 Å². The van der Waals surface area contributed by atoms with Crippen molar-refractivity contribution in [2.75, 3.05) is 13.2 Å². The molecule has 92 valence electrons. The van der Waals surface area contributed by atoms with E-state index in [1.54, 1.807) is 19.1 Å². The number of carbonyl (C=O) groups is 2. The topological polar surface area (TPSA) is 93.1 Å². The Hall–Kier alpha value is -2.24. The zero-order valence-electron chi connectivity index (χ0n) is 9.17. The fraction of sp³-hybridized carbons (Fsp3) is 0.273. The monoisotopic (exact) mass is 240 g/mol. The minimum atomic E-state index is -1.12. The van der Waals surface area contributed by atoms with Crippen molar-refractivity contribution in [2.24, 2.45) is 0 Å². The van der Waals surface area contributed by atoms with E-state index in [9.17, 15) is 9.59 Å². The molecule has 0 amide bonds. The van der Waals surface area contributed by atoms with E-state index >= 15 is 0 Å². The van der Waals surface area contributed by atoms with Crippen molar-refractivity contribution >= 4 is 11.9 Å². The lowest BCUT2D eigenvalue weighted by Crippen LogP contribution is -2.13. The van der Waals surface area contributed by atoms with Crippen LogP contribution in [0.25, 0.3) is 0 Å². The van der Waals surface area contributed by atoms with Crippen LogP contribution in [0.3, 0.4) is 0 Å². The van der Waals surface area contributed by atoms with E-state index in [2.05, 4.69) is 0 Å². The maximum absolute atomic E-state index is 10.4. The Kier molecular flexibility index (Phi) is 4.33. The van der Waals surface area contributed by atoms with Gasteiger partial charge in [-0.3, -0.25) is 0 Å². The van der Waals surface area contributed by atoms with E-state index < -0.39 is 25.2 Å². The third-order valence-corrected chi connectivity index (χ3v) is 1.80. The van der Waals surface area contributed by atoms with Crippen LogP contribution in [0.2, 0.25) is 0 Å². The predicted octanol–water partition coefficient (Wildman–Crippen LogP) is 0.922. The van der Waals surface area contributed by atoms with Crippen LogP contribution in [-0.2, 0) is 9.59 Å². The van der Waals surface area contributed by atoms with Crippen LogP contribution in [0.1, 0.15) is 5.56 Å². The molecule has 0 spiro atoms. The molecule has 1 aromatic rings. The summed E-state index contributed by atoms with van der Waals surface area (Å²) in [6.45, 7) is 0.786. The zero-order chi connectivity index (χ0) is 12.8. The smallest absolute Gasteiger partial charge is 0.341 e. The largest absolute Gasteiger partial charge is 0.479 e. The predicted molar refractivity (Wildman–Crippen MR) is 57.4 cm³/mol. The minimum absolute atomic E-state index is 0.208. The Morgan fingerprint density at radius 1 is 1.06 bits per heavy atom. The van der Waals surface area contributed by atoms with E-state index in [-0.39, 0.29) is 11.5 Å². The summed E-state index contributed by atoms with van der Waals surface area (Å²) in [6, 6.07) is 4.83. The quantitative estimate of drug-likeness (QED) is 0.768. The molecule has 1 aromatic carbocycles. The molecule has 0 saturated heterocycles. The highest BCUT2D eigenvalue weighted by atomic mass is 16.5. The third kappa shape index (κ3) is 4.42. The van der Waals surface area contributed by atoms with Crippen LogP contribution in [0.4, 0.5) is 0 Å². The molecule has 6 nitrogen and oxygen atoms in total. The number of hydrogen-bond donors (Lipinski definition) is 2. The van der Waals surface area contributed by atoms with Gasteiger partial charge in [0.25, 0.3) is 0 Å². The summed E-state index contributed by atoms with van der Waals surface area (Å²) < 4.78 is 9.96. The first-order chi connectivity index (χ1) is 7.99. The van der Waals surface area contributed by atoms with Gasteiger partial charge in [0, 0.05) is 0 Å². The first-order valence-corrected chi connectivity index (χ1v) is 4.79. The van der Waals surface area contributed by atoms with Gasteiger partial charge in [0.1, 0.15) is 0 Å². The summed E-state index contributed by atoms with van der Waals surface area (Å²) in [5, 5.41) is 17.0. The van der Waals surface area contributed by atoms with Gasteiger partial charge in [-0.15, -0.1) is 0 Å². The molecule has 0 bridgehead atoms. The number of ether oxygens (including phenoxy) is 2. The summed E-state index contributed by atoms with van der Waals surface area (Å²) in [7, 11) is 0. The Morgan fingerprint density at radius 3 is 2.12 bits per heavy atom. The molecule has 0 saturated carbocycles. The fourth-order valence-electron chi connectivity index (χ4n) is 1.13. The summed E-state index contributed by atoms with van der Waals surface area (Å²) in [5.41, 5.74) is 0.855.